The SMILES string of the molecule is Cc1ccc(-n2[nH]c(=O)cc2C(C)C)cc1C. The second kappa shape index (κ2) is 4.24. The van der Waals surface area contributed by atoms with Gasteiger partial charge in [-0.2, -0.15) is 0 Å². The van der Waals surface area contributed by atoms with Crippen LogP contribution >= 0.6 is 0 Å². The number of aromatic nitrogens is 2. The first-order chi connectivity index (χ1) is 7.99. The quantitative estimate of drug-likeness (QED) is 0.846. The lowest BCUT2D eigenvalue weighted by Gasteiger charge is -2.12. The van der Waals surface area contributed by atoms with Crippen molar-refractivity contribution >= 4 is 0 Å². The number of nitrogens with one attached hydrogen (secondary N) is 1. The highest BCUT2D eigenvalue weighted by Crippen LogP contribution is 2.18. The molecular weight excluding hydrogens is 212 g/mol. The largest absolute Gasteiger partial charge is 0.268 e. The third-order valence-corrected chi connectivity index (χ3v) is 3.10. The molecule has 1 aromatic carbocycles. The number of hydrogen-bond acceptors (Lipinski definition) is 1. The van der Waals surface area contributed by atoms with Gasteiger partial charge in [0.1, 0.15) is 0 Å². The molecule has 0 saturated heterocycles. The van der Waals surface area contributed by atoms with Crippen LogP contribution in [0.3, 0.4) is 0 Å². The van der Waals surface area contributed by atoms with Gasteiger partial charge < -0.3 is 0 Å². The summed E-state index contributed by atoms with van der Waals surface area (Å²) < 4.78 is 1.87. The summed E-state index contributed by atoms with van der Waals surface area (Å²) >= 11 is 0. The van der Waals surface area contributed by atoms with E-state index in [0.29, 0.717) is 5.92 Å². The average molecular weight is 230 g/mol. The predicted octanol–water partition coefficient (Wildman–Crippen LogP) is 2.91. The molecule has 1 N–H and O–H groups in total. The van der Waals surface area contributed by atoms with E-state index in [1.54, 1.807) is 6.07 Å². The monoisotopic (exact) mass is 230 g/mol. The van der Waals surface area contributed by atoms with Gasteiger partial charge in [0, 0.05) is 11.8 Å². The van der Waals surface area contributed by atoms with Gasteiger partial charge >= 0.3 is 0 Å². The lowest BCUT2D eigenvalue weighted by molar-refractivity contribution is 0.730. The van der Waals surface area contributed by atoms with E-state index in [1.807, 2.05) is 10.7 Å². The first-order valence-corrected chi connectivity index (χ1v) is 5.88. The van der Waals surface area contributed by atoms with Crippen molar-refractivity contribution < 1.29 is 0 Å². The van der Waals surface area contributed by atoms with Gasteiger partial charge in [-0.25, -0.2) is 0 Å². The molecule has 0 aliphatic heterocycles. The van der Waals surface area contributed by atoms with Crippen molar-refractivity contribution in [2.45, 2.75) is 33.6 Å². The Morgan fingerprint density at radius 2 is 1.82 bits per heavy atom. The summed E-state index contributed by atoms with van der Waals surface area (Å²) in [6.45, 7) is 8.33. The van der Waals surface area contributed by atoms with Crippen LogP contribution in [0.25, 0.3) is 5.69 Å². The summed E-state index contributed by atoms with van der Waals surface area (Å²) in [5, 5.41) is 2.85. The van der Waals surface area contributed by atoms with Gasteiger partial charge in [-0.3, -0.25) is 14.6 Å². The Morgan fingerprint density at radius 1 is 1.12 bits per heavy atom. The van der Waals surface area contributed by atoms with Crippen molar-refractivity contribution in [2.24, 2.45) is 0 Å². The zero-order chi connectivity index (χ0) is 12.6. The molecule has 90 valence electrons. The van der Waals surface area contributed by atoms with Gasteiger partial charge in [0.25, 0.3) is 5.56 Å². The van der Waals surface area contributed by atoms with Gasteiger partial charge in [0.15, 0.2) is 0 Å². The molecule has 3 heteroatoms. The van der Waals surface area contributed by atoms with Crippen LogP contribution in [0, 0.1) is 13.8 Å². The fourth-order valence-corrected chi connectivity index (χ4v) is 1.91. The highest BCUT2D eigenvalue weighted by atomic mass is 16.1. The standard InChI is InChI=1S/C14H18N2O/c1-9(2)13-8-14(17)15-16(13)12-6-5-10(3)11(4)7-12/h5-9H,1-4H3,(H,15,17). The molecular formula is C14H18N2O. The number of H-pyrrole nitrogens is 1. The molecule has 0 unspecified atom stereocenters. The van der Waals surface area contributed by atoms with Gasteiger partial charge in [-0.05, 0) is 43.0 Å². The molecule has 1 aromatic heterocycles. The average Bonchev–Trinajstić information content (AvgIpc) is 2.64. The maximum atomic E-state index is 11.5. The molecule has 0 radical (unpaired) electrons. The molecule has 3 nitrogen and oxygen atoms in total. The van der Waals surface area contributed by atoms with E-state index in [1.165, 1.54) is 11.1 Å². The van der Waals surface area contributed by atoms with E-state index in [4.69, 9.17) is 0 Å². The molecule has 0 aliphatic rings. The molecule has 2 aromatic rings. The first-order valence-electron chi connectivity index (χ1n) is 5.88. The highest BCUT2D eigenvalue weighted by Gasteiger charge is 2.10. The molecule has 1 heterocycles. The Kier molecular flexibility index (Phi) is 2.92. The maximum Gasteiger partial charge on any atom is 0.264 e. The van der Waals surface area contributed by atoms with E-state index in [0.717, 1.165) is 11.4 Å². The van der Waals surface area contributed by atoms with E-state index >= 15 is 0 Å². The summed E-state index contributed by atoms with van der Waals surface area (Å²) in [6, 6.07) is 7.87. The topological polar surface area (TPSA) is 37.8 Å². The fraction of sp³-hybridized carbons (Fsp3) is 0.357. The number of aromatic amines is 1. The fourth-order valence-electron chi connectivity index (χ4n) is 1.91. The Morgan fingerprint density at radius 3 is 2.41 bits per heavy atom. The van der Waals surface area contributed by atoms with Gasteiger partial charge in [0.2, 0.25) is 0 Å². The van der Waals surface area contributed by atoms with Crippen LogP contribution in [0.2, 0.25) is 0 Å². The lowest BCUT2D eigenvalue weighted by atomic mass is 10.1. The molecule has 0 saturated carbocycles. The zero-order valence-corrected chi connectivity index (χ0v) is 10.7. The molecule has 17 heavy (non-hydrogen) atoms. The third-order valence-electron chi connectivity index (χ3n) is 3.10. The van der Waals surface area contributed by atoms with Crippen LogP contribution in [0.15, 0.2) is 29.1 Å². The summed E-state index contributed by atoms with van der Waals surface area (Å²) in [5.41, 5.74) is 4.46. The summed E-state index contributed by atoms with van der Waals surface area (Å²) in [5.74, 6) is 0.315. The van der Waals surface area contributed by atoms with Crippen molar-refractivity contribution in [3.05, 3.63) is 51.4 Å². The third kappa shape index (κ3) is 2.18. The number of aryl methyl sites for hydroxylation is 2. The molecule has 0 amide bonds. The smallest absolute Gasteiger partial charge is 0.264 e. The van der Waals surface area contributed by atoms with Crippen molar-refractivity contribution in [2.75, 3.05) is 0 Å². The van der Waals surface area contributed by atoms with Crippen molar-refractivity contribution in [3.63, 3.8) is 0 Å². The second-order valence-corrected chi connectivity index (χ2v) is 4.80. The zero-order valence-electron chi connectivity index (χ0n) is 10.7. The molecule has 0 fully saturated rings. The van der Waals surface area contributed by atoms with Crippen molar-refractivity contribution in [1.82, 2.24) is 9.78 Å². The molecule has 0 aliphatic carbocycles. The summed E-state index contributed by atoms with van der Waals surface area (Å²) in [7, 11) is 0. The molecule has 0 bridgehead atoms. The van der Waals surface area contributed by atoms with E-state index in [-0.39, 0.29) is 5.56 Å². The minimum absolute atomic E-state index is 0.0491. The van der Waals surface area contributed by atoms with Gasteiger partial charge in [0.05, 0.1) is 5.69 Å². The Labute approximate surface area is 101 Å². The van der Waals surface area contributed by atoms with Crippen LogP contribution in [-0.2, 0) is 0 Å². The Bertz CT molecular complexity index is 591. The van der Waals surface area contributed by atoms with Crippen LogP contribution < -0.4 is 5.56 Å². The number of hydrogen-bond donors (Lipinski definition) is 1. The minimum Gasteiger partial charge on any atom is -0.268 e. The summed E-state index contributed by atoms with van der Waals surface area (Å²) in [6.07, 6.45) is 0. The Hall–Kier alpha value is -1.77. The van der Waals surface area contributed by atoms with E-state index in [2.05, 4.69) is 44.9 Å². The normalized spacial score (nSPS) is 11.1. The van der Waals surface area contributed by atoms with Crippen molar-refractivity contribution in [1.29, 1.82) is 0 Å². The number of benzene rings is 1. The van der Waals surface area contributed by atoms with E-state index in [9.17, 15) is 4.79 Å². The maximum absolute atomic E-state index is 11.5. The van der Waals surface area contributed by atoms with Crippen LogP contribution in [0.1, 0.15) is 36.6 Å². The predicted molar refractivity (Wildman–Crippen MR) is 70.0 cm³/mol. The van der Waals surface area contributed by atoms with Crippen LogP contribution in [0.5, 0.6) is 0 Å². The molecule has 0 spiro atoms. The van der Waals surface area contributed by atoms with Crippen LogP contribution in [-0.4, -0.2) is 9.78 Å². The van der Waals surface area contributed by atoms with E-state index < -0.39 is 0 Å². The first kappa shape index (κ1) is 11.7. The Balaban J connectivity index is 2.59. The van der Waals surface area contributed by atoms with Crippen LogP contribution in [0.4, 0.5) is 0 Å². The summed E-state index contributed by atoms with van der Waals surface area (Å²) in [4.78, 5) is 11.5. The molecule has 2 rings (SSSR count). The van der Waals surface area contributed by atoms with Crippen molar-refractivity contribution in [3.8, 4) is 5.69 Å². The van der Waals surface area contributed by atoms with Gasteiger partial charge in [-0.15, -0.1) is 0 Å². The number of nitrogens with zero attached hydrogens (tertiary/aromatic N) is 1. The van der Waals surface area contributed by atoms with Gasteiger partial charge in [-0.1, -0.05) is 19.9 Å². The number of rotatable bonds is 2. The lowest BCUT2D eigenvalue weighted by Crippen LogP contribution is -2.06. The highest BCUT2D eigenvalue weighted by molar-refractivity contribution is 5.40. The second-order valence-electron chi connectivity index (χ2n) is 4.80. The molecule has 0 atom stereocenters. The minimum atomic E-state index is -0.0491.